The lowest BCUT2D eigenvalue weighted by atomic mass is 9.99. The van der Waals surface area contributed by atoms with E-state index in [0.29, 0.717) is 23.9 Å². The predicted molar refractivity (Wildman–Crippen MR) is 128 cm³/mol. The van der Waals surface area contributed by atoms with Crippen molar-refractivity contribution < 1.29 is 9.53 Å². The lowest BCUT2D eigenvalue weighted by molar-refractivity contribution is -0.123. The van der Waals surface area contributed by atoms with Crippen LogP contribution in [0.4, 0.5) is 0 Å². The van der Waals surface area contributed by atoms with E-state index < -0.39 is 0 Å². The Hall–Kier alpha value is -3.31. The van der Waals surface area contributed by atoms with Gasteiger partial charge in [-0.25, -0.2) is 4.98 Å². The zero-order valence-electron chi connectivity index (χ0n) is 18.5. The molecule has 0 bridgehead atoms. The van der Waals surface area contributed by atoms with E-state index >= 15 is 0 Å². The highest BCUT2D eigenvalue weighted by Gasteiger charge is 2.14. The summed E-state index contributed by atoms with van der Waals surface area (Å²) >= 11 is 5.88. The van der Waals surface area contributed by atoms with Crippen LogP contribution in [-0.2, 0) is 17.9 Å². The fraction of sp³-hybridized carbons (Fsp3) is 0.231. The van der Waals surface area contributed by atoms with Gasteiger partial charge >= 0.3 is 0 Å². The highest BCUT2D eigenvalue weighted by Crippen LogP contribution is 2.22. The number of benzene rings is 3. The van der Waals surface area contributed by atoms with E-state index in [1.165, 1.54) is 22.3 Å². The molecule has 32 heavy (non-hydrogen) atoms. The van der Waals surface area contributed by atoms with Crippen molar-refractivity contribution in [3.63, 3.8) is 0 Å². The standard InChI is InChI=1S/C26H26ClN3O2/c1-17-12-18(2)22(19(3)13-17)15-30-24-7-5-4-6-23(24)29-25(30)14-28-26(31)16-32-21-10-8-20(27)9-11-21/h4-13H,14-16H2,1-3H3,(H,28,31). The van der Waals surface area contributed by atoms with Gasteiger partial charge in [-0.05, 0) is 73.9 Å². The minimum atomic E-state index is -0.207. The topological polar surface area (TPSA) is 56.2 Å². The van der Waals surface area contributed by atoms with Gasteiger partial charge in [0.15, 0.2) is 6.61 Å². The molecule has 6 heteroatoms. The molecule has 5 nitrogen and oxygen atoms in total. The molecule has 0 aliphatic heterocycles. The van der Waals surface area contributed by atoms with Gasteiger partial charge in [0.25, 0.3) is 5.91 Å². The van der Waals surface area contributed by atoms with Gasteiger partial charge < -0.3 is 14.6 Å². The molecule has 0 radical (unpaired) electrons. The number of carbonyl (C=O) groups is 1. The highest BCUT2D eigenvalue weighted by atomic mass is 35.5. The molecule has 0 atom stereocenters. The van der Waals surface area contributed by atoms with Gasteiger partial charge in [-0.2, -0.15) is 0 Å². The van der Waals surface area contributed by atoms with E-state index in [4.69, 9.17) is 21.3 Å². The van der Waals surface area contributed by atoms with Gasteiger partial charge in [-0.15, -0.1) is 0 Å². The molecule has 0 spiro atoms. The van der Waals surface area contributed by atoms with Crippen molar-refractivity contribution in [2.24, 2.45) is 0 Å². The van der Waals surface area contributed by atoms with Crippen molar-refractivity contribution in [3.8, 4) is 5.75 Å². The summed E-state index contributed by atoms with van der Waals surface area (Å²) in [5.41, 5.74) is 7.01. The number of fused-ring (bicyclic) bond motifs is 1. The van der Waals surface area contributed by atoms with Gasteiger partial charge in [0.05, 0.1) is 17.6 Å². The minimum Gasteiger partial charge on any atom is -0.484 e. The number of imidazole rings is 1. The Balaban J connectivity index is 1.51. The zero-order valence-corrected chi connectivity index (χ0v) is 19.2. The first-order valence-corrected chi connectivity index (χ1v) is 10.9. The normalized spacial score (nSPS) is 11.0. The number of nitrogens with one attached hydrogen (secondary N) is 1. The van der Waals surface area contributed by atoms with Crippen LogP contribution in [-0.4, -0.2) is 22.1 Å². The summed E-state index contributed by atoms with van der Waals surface area (Å²) in [5, 5.41) is 3.56. The van der Waals surface area contributed by atoms with Crippen LogP contribution in [0.25, 0.3) is 11.0 Å². The lowest BCUT2D eigenvalue weighted by Crippen LogP contribution is -2.29. The van der Waals surface area contributed by atoms with Crippen molar-refractivity contribution in [2.75, 3.05) is 6.61 Å². The van der Waals surface area contributed by atoms with E-state index in [2.05, 4.69) is 48.9 Å². The van der Waals surface area contributed by atoms with Crippen LogP contribution in [0, 0.1) is 20.8 Å². The number of carbonyl (C=O) groups excluding carboxylic acids is 1. The number of ether oxygens (including phenoxy) is 1. The zero-order chi connectivity index (χ0) is 22.7. The maximum atomic E-state index is 12.4. The maximum Gasteiger partial charge on any atom is 0.258 e. The van der Waals surface area contributed by atoms with Crippen molar-refractivity contribution in [1.29, 1.82) is 0 Å². The van der Waals surface area contributed by atoms with Crippen LogP contribution >= 0.6 is 11.6 Å². The van der Waals surface area contributed by atoms with Crippen molar-refractivity contribution >= 4 is 28.5 Å². The van der Waals surface area contributed by atoms with Gasteiger partial charge in [-0.1, -0.05) is 41.4 Å². The molecule has 0 aliphatic rings. The Morgan fingerprint density at radius 2 is 1.72 bits per heavy atom. The molecule has 4 aromatic rings. The molecule has 0 saturated heterocycles. The van der Waals surface area contributed by atoms with E-state index in [-0.39, 0.29) is 12.5 Å². The number of hydrogen-bond acceptors (Lipinski definition) is 3. The smallest absolute Gasteiger partial charge is 0.258 e. The first-order valence-electron chi connectivity index (χ1n) is 10.6. The number of para-hydroxylation sites is 2. The van der Waals surface area contributed by atoms with Crippen LogP contribution in [0.5, 0.6) is 5.75 Å². The fourth-order valence-corrected chi connectivity index (χ4v) is 4.09. The molecule has 0 unspecified atom stereocenters. The fourth-order valence-electron chi connectivity index (χ4n) is 3.96. The predicted octanol–water partition coefficient (Wildman–Crippen LogP) is 5.36. The van der Waals surface area contributed by atoms with Gasteiger partial charge in [0.2, 0.25) is 0 Å². The largest absolute Gasteiger partial charge is 0.484 e. The second kappa shape index (κ2) is 9.45. The third-order valence-corrected chi connectivity index (χ3v) is 5.77. The van der Waals surface area contributed by atoms with Crippen LogP contribution in [0.2, 0.25) is 5.02 Å². The minimum absolute atomic E-state index is 0.0714. The Morgan fingerprint density at radius 3 is 2.44 bits per heavy atom. The lowest BCUT2D eigenvalue weighted by Gasteiger charge is -2.15. The number of aromatic nitrogens is 2. The Labute approximate surface area is 193 Å². The monoisotopic (exact) mass is 447 g/mol. The summed E-state index contributed by atoms with van der Waals surface area (Å²) in [7, 11) is 0. The van der Waals surface area contributed by atoms with Crippen LogP contribution < -0.4 is 10.1 Å². The quantitative estimate of drug-likeness (QED) is 0.415. The SMILES string of the molecule is Cc1cc(C)c(Cn2c(CNC(=O)COc3ccc(Cl)cc3)nc3ccccc32)c(C)c1. The Bertz CT molecular complexity index is 1240. The van der Waals surface area contributed by atoms with E-state index in [9.17, 15) is 4.79 Å². The number of rotatable bonds is 7. The molecule has 0 aliphatic carbocycles. The van der Waals surface area contributed by atoms with Crippen molar-refractivity contribution in [3.05, 3.63) is 93.8 Å². The first kappa shape index (κ1) is 21.9. The summed E-state index contributed by atoms with van der Waals surface area (Å²) in [6, 6.07) is 19.4. The van der Waals surface area contributed by atoms with Crippen LogP contribution in [0.15, 0.2) is 60.7 Å². The molecular weight excluding hydrogens is 422 g/mol. The molecular formula is C26H26ClN3O2. The summed E-state index contributed by atoms with van der Waals surface area (Å²) in [4.78, 5) is 17.2. The summed E-state index contributed by atoms with van der Waals surface area (Å²) < 4.78 is 7.72. The summed E-state index contributed by atoms with van der Waals surface area (Å²) in [6.45, 7) is 7.35. The van der Waals surface area contributed by atoms with E-state index in [1.54, 1.807) is 24.3 Å². The number of aryl methyl sites for hydroxylation is 3. The van der Waals surface area contributed by atoms with E-state index in [0.717, 1.165) is 16.9 Å². The molecule has 164 valence electrons. The van der Waals surface area contributed by atoms with Crippen LogP contribution in [0.3, 0.4) is 0 Å². The van der Waals surface area contributed by atoms with Crippen molar-refractivity contribution in [2.45, 2.75) is 33.9 Å². The van der Waals surface area contributed by atoms with Crippen LogP contribution in [0.1, 0.15) is 28.1 Å². The molecule has 1 amide bonds. The van der Waals surface area contributed by atoms with Gasteiger partial charge in [0.1, 0.15) is 11.6 Å². The second-order valence-electron chi connectivity index (χ2n) is 8.00. The number of halogens is 1. The average Bonchev–Trinajstić information content (AvgIpc) is 3.11. The molecule has 1 N–H and O–H groups in total. The molecule has 0 fully saturated rings. The summed E-state index contributed by atoms with van der Waals surface area (Å²) in [6.07, 6.45) is 0. The average molecular weight is 448 g/mol. The van der Waals surface area contributed by atoms with Crippen molar-refractivity contribution in [1.82, 2.24) is 14.9 Å². The second-order valence-corrected chi connectivity index (χ2v) is 8.44. The Kier molecular flexibility index (Phi) is 6.47. The molecule has 1 heterocycles. The Morgan fingerprint density at radius 1 is 1.03 bits per heavy atom. The molecule has 3 aromatic carbocycles. The number of hydrogen-bond donors (Lipinski definition) is 1. The highest BCUT2D eigenvalue weighted by molar-refractivity contribution is 6.30. The summed E-state index contributed by atoms with van der Waals surface area (Å²) in [5.74, 6) is 1.20. The maximum absolute atomic E-state index is 12.4. The first-order chi connectivity index (χ1) is 15.4. The van der Waals surface area contributed by atoms with Gasteiger partial charge in [-0.3, -0.25) is 4.79 Å². The third kappa shape index (κ3) is 4.94. The molecule has 0 saturated carbocycles. The van der Waals surface area contributed by atoms with E-state index in [1.807, 2.05) is 18.2 Å². The third-order valence-electron chi connectivity index (χ3n) is 5.52. The number of amides is 1. The molecule has 4 rings (SSSR count). The molecule has 1 aromatic heterocycles. The number of nitrogens with zero attached hydrogens (tertiary/aromatic N) is 2. The van der Waals surface area contributed by atoms with Gasteiger partial charge in [0, 0.05) is 11.6 Å².